The van der Waals surface area contributed by atoms with Crippen molar-refractivity contribution in [2.24, 2.45) is 0 Å². The molecule has 0 bridgehead atoms. The Kier molecular flexibility index (Phi) is 5.87. The van der Waals surface area contributed by atoms with Gasteiger partial charge in [-0.25, -0.2) is 0 Å². The second kappa shape index (κ2) is 8.71. The molecule has 0 saturated carbocycles. The molecule has 29 heavy (non-hydrogen) atoms. The van der Waals surface area contributed by atoms with Crippen LogP contribution < -0.4 is 14.8 Å². The first-order valence-electron chi connectivity index (χ1n) is 9.56. The Labute approximate surface area is 174 Å². The first kappa shape index (κ1) is 19.5. The molecule has 0 atom stereocenters. The van der Waals surface area contributed by atoms with Crippen LogP contribution in [0.1, 0.15) is 20.7 Å². The number of carbonyl (C=O) groups is 2. The van der Waals surface area contributed by atoms with Gasteiger partial charge in [0.2, 0.25) is 6.79 Å². The van der Waals surface area contributed by atoms with E-state index in [1.807, 2.05) is 17.0 Å². The number of amides is 2. The summed E-state index contributed by atoms with van der Waals surface area (Å²) in [4.78, 5) is 29.0. The average Bonchev–Trinajstić information content (AvgIpc) is 3.22. The monoisotopic (exact) mass is 415 g/mol. The Morgan fingerprint density at radius 3 is 2.55 bits per heavy atom. The molecule has 2 aromatic rings. The number of rotatable bonds is 5. The number of nitrogens with zero attached hydrogens (tertiary/aromatic N) is 2. The number of piperazine rings is 1. The predicted octanol–water partition coefficient (Wildman–Crippen LogP) is 2.26. The highest BCUT2D eigenvalue weighted by Crippen LogP contribution is 2.32. The molecule has 4 rings (SSSR count). The molecule has 0 spiro atoms. The van der Waals surface area contributed by atoms with E-state index in [1.165, 1.54) is 0 Å². The van der Waals surface area contributed by atoms with Crippen molar-refractivity contribution < 1.29 is 19.1 Å². The molecule has 152 valence electrons. The van der Waals surface area contributed by atoms with Gasteiger partial charge in [-0.05, 0) is 30.3 Å². The highest BCUT2D eigenvalue weighted by atomic mass is 35.5. The zero-order valence-electron chi connectivity index (χ0n) is 15.9. The first-order valence-corrected chi connectivity index (χ1v) is 9.93. The van der Waals surface area contributed by atoms with Crippen molar-refractivity contribution >= 4 is 23.4 Å². The number of nitrogens with one attached hydrogen (secondary N) is 1. The minimum absolute atomic E-state index is 0.0358. The Balaban J connectivity index is 1.22. The summed E-state index contributed by atoms with van der Waals surface area (Å²) in [6, 6.07) is 12.3. The summed E-state index contributed by atoms with van der Waals surface area (Å²) >= 11 is 6.13. The van der Waals surface area contributed by atoms with Gasteiger partial charge in [0.25, 0.3) is 11.8 Å². The van der Waals surface area contributed by atoms with E-state index in [4.69, 9.17) is 21.1 Å². The Hall–Kier alpha value is -2.77. The van der Waals surface area contributed by atoms with Crippen LogP contribution in [0.3, 0.4) is 0 Å². The lowest BCUT2D eigenvalue weighted by atomic mass is 10.1. The molecule has 0 radical (unpaired) electrons. The third kappa shape index (κ3) is 4.46. The molecule has 8 heteroatoms. The maximum absolute atomic E-state index is 12.6. The van der Waals surface area contributed by atoms with Crippen LogP contribution in [0.4, 0.5) is 0 Å². The maximum atomic E-state index is 12.6. The summed E-state index contributed by atoms with van der Waals surface area (Å²) in [6.45, 7) is 4.24. The summed E-state index contributed by atoms with van der Waals surface area (Å²) in [5, 5.41) is 3.41. The van der Waals surface area contributed by atoms with Crippen LogP contribution in [-0.2, 0) is 0 Å². The Morgan fingerprint density at radius 2 is 1.76 bits per heavy atom. The maximum Gasteiger partial charge on any atom is 0.255 e. The van der Waals surface area contributed by atoms with E-state index in [0.717, 1.165) is 19.6 Å². The fourth-order valence-corrected chi connectivity index (χ4v) is 3.66. The fraction of sp³-hybridized carbons (Fsp3) is 0.333. The van der Waals surface area contributed by atoms with Gasteiger partial charge in [-0.15, -0.1) is 0 Å². The number of benzene rings is 2. The van der Waals surface area contributed by atoms with Crippen molar-refractivity contribution in [3.63, 3.8) is 0 Å². The molecule has 7 nitrogen and oxygen atoms in total. The van der Waals surface area contributed by atoms with Crippen LogP contribution in [0.15, 0.2) is 42.5 Å². The van der Waals surface area contributed by atoms with E-state index >= 15 is 0 Å². The molecule has 0 aliphatic carbocycles. The van der Waals surface area contributed by atoms with Gasteiger partial charge in [-0.1, -0.05) is 23.7 Å². The standard InChI is InChI=1S/C21H22ClN3O4/c22-17-4-2-1-3-16(17)21(27)25-11-9-24(10-12-25)8-7-23-20(26)15-5-6-18-19(13-15)29-14-28-18/h1-6,13H,7-12,14H2,(H,23,26). The molecule has 0 unspecified atom stereocenters. The van der Waals surface area contributed by atoms with E-state index in [9.17, 15) is 9.59 Å². The molecule has 2 amide bonds. The summed E-state index contributed by atoms with van der Waals surface area (Å²) in [7, 11) is 0. The van der Waals surface area contributed by atoms with E-state index in [0.29, 0.717) is 47.3 Å². The number of fused-ring (bicyclic) bond motifs is 1. The largest absolute Gasteiger partial charge is 0.454 e. The lowest BCUT2D eigenvalue weighted by molar-refractivity contribution is 0.0638. The van der Waals surface area contributed by atoms with Crippen molar-refractivity contribution in [1.29, 1.82) is 0 Å². The van der Waals surface area contributed by atoms with Crippen LogP contribution in [0, 0.1) is 0 Å². The van der Waals surface area contributed by atoms with Gasteiger partial charge >= 0.3 is 0 Å². The third-order valence-corrected chi connectivity index (χ3v) is 5.44. The highest BCUT2D eigenvalue weighted by Gasteiger charge is 2.23. The fourth-order valence-electron chi connectivity index (χ4n) is 3.45. The van der Waals surface area contributed by atoms with Crippen LogP contribution >= 0.6 is 11.6 Å². The van der Waals surface area contributed by atoms with Gasteiger partial charge < -0.3 is 19.7 Å². The van der Waals surface area contributed by atoms with E-state index in [2.05, 4.69) is 10.2 Å². The summed E-state index contributed by atoms with van der Waals surface area (Å²) in [6.07, 6.45) is 0. The molecule has 2 aliphatic heterocycles. The molecular weight excluding hydrogens is 394 g/mol. The third-order valence-electron chi connectivity index (χ3n) is 5.11. The first-order chi connectivity index (χ1) is 14.1. The van der Waals surface area contributed by atoms with Gasteiger partial charge in [-0.2, -0.15) is 0 Å². The average molecular weight is 416 g/mol. The SMILES string of the molecule is O=C(NCCN1CCN(C(=O)c2ccccc2Cl)CC1)c1ccc2c(c1)OCO2. The zero-order valence-corrected chi connectivity index (χ0v) is 16.7. The van der Waals surface area contributed by atoms with Crippen LogP contribution in [0.25, 0.3) is 0 Å². The zero-order chi connectivity index (χ0) is 20.2. The van der Waals surface area contributed by atoms with Crippen LogP contribution in [-0.4, -0.2) is 67.7 Å². The van der Waals surface area contributed by atoms with Gasteiger partial charge in [0.1, 0.15) is 0 Å². The Morgan fingerprint density at radius 1 is 1.00 bits per heavy atom. The molecule has 1 fully saturated rings. The second-order valence-corrected chi connectivity index (χ2v) is 7.34. The van der Waals surface area contributed by atoms with E-state index in [-0.39, 0.29) is 18.6 Å². The summed E-state index contributed by atoms with van der Waals surface area (Å²) in [5.74, 6) is 1.07. The smallest absolute Gasteiger partial charge is 0.255 e. The lowest BCUT2D eigenvalue weighted by Gasteiger charge is -2.34. The van der Waals surface area contributed by atoms with Crippen molar-refractivity contribution in [3.05, 3.63) is 58.6 Å². The molecule has 2 aliphatic rings. The predicted molar refractivity (Wildman–Crippen MR) is 109 cm³/mol. The van der Waals surface area contributed by atoms with Crippen molar-refractivity contribution in [1.82, 2.24) is 15.1 Å². The van der Waals surface area contributed by atoms with Crippen LogP contribution in [0.5, 0.6) is 11.5 Å². The minimum atomic E-state index is -0.143. The number of ether oxygens (including phenoxy) is 2. The number of carbonyl (C=O) groups excluding carboxylic acids is 2. The van der Waals surface area contributed by atoms with E-state index in [1.54, 1.807) is 30.3 Å². The van der Waals surface area contributed by atoms with Crippen molar-refractivity contribution in [3.8, 4) is 11.5 Å². The molecule has 0 aromatic heterocycles. The van der Waals surface area contributed by atoms with Crippen molar-refractivity contribution in [2.45, 2.75) is 0 Å². The second-order valence-electron chi connectivity index (χ2n) is 6.94. The van der Waals surface area contributed by atoms with Gasteiger partial charge in [0, 0.05) is 44.8 Å². The number of halogens is 1. The molecular formula is C21H22ClN3O4. The normalized spacial score (nSPS) is 16.0. The minimum Gasteiger partial charge on any atom is -0.454 e. The molecule has 2 aromatic carbocycles. The lowest BCUT2D eigenvalue weighted by Crippen LogP contribution is -2.50. The topological polar surface area (TPSA) is 71.1 Å². The van der Waals surface area contributed by atoms with Gasteiger partial charge in [-0.3, -0.25) is 14.5 Å². The molecule has 2 heterocycles. The van der Waals surface area contributed by atoms with Gasteiger partial charge in [0.05, 0.1) is 10.6 Å². The molecule has 1 N–H and O–H groups in total. The molecule has 1 saturated heterocycles. The quantitative estimate of drug-likeness (QED) is 0.811. The van der Waals surface area contributed by atoms with Gasteiger partial charge in [0.15, 0.2) is 11.5 Å². The number of hydrogen-bond donors (Lipinski definition) is 1. The highest BCUT2D eigenvalue weighted by molar-refractivity contribution is 6.33. The van der Waals surface area contributed by atoms with Crippen LogP contribution in [0.2, 0.25) is 5.02 Å². The summed E-state index contributed by atoms with van der Waals surface area (Å²) < 4.78 is 10.6. The van der Waals surface area contributed by atoms with Crippen molar-refractivity contribution in [2.75, 3.05) is 46.1 Å². The summed E-state index contributed by atoms with van der Waals surface area (Å²) in [5.41, 5.74) is 1.09. The van der Waals surface area contributed by atoms with E-state index < -0.39 is 0 Å². The Bertz CT molecular complexity index is 913. The number of hydrogen-bond acceptors (Lipinski definition) is 5.